The lowest BCUT2D eigenvalue weighted by Gasteiger charge is -2.25. The summed E-state index contributed by atoms with van der Waals surface area (Å²) in [5.74, 6) is -1.24. The number of methoxy groups -OCH3 is 2. The first kappa shape index (κ1) is 9.19. The highest BCUT2D eigenvalue weighted by Crippen LogP contribution is 2.03. The van der Waals surface area contributed by atoms with E-state index in [1.807, 2.05) is 5.32 Å². The van der Waals surface area contributed by atoms with E-state index in [0.29, 0.717) is 0 Å². The molecule has 0 heterocycles. The summed E-state index contributed by atoms with van der Waals surface area (Å²) in [4.78, 5) is 10.1. The second-order valence-corrected chi connectivity index (χ2v) is 1.78. The maximum absolute atomic E-state index is 10.1. The molecule has 0 aromatic heterocycles. The van der Waals surface area contributed by atoms with Crippen LogP contribution in [0, 0.1) is 0 Å². The van der Waals surface area contributed by atoms with Gasteiger partial charge in [-0.25, -0.2) is 4.79 Å². The van der Waals surface area contributed by atoms with Crippen molar-refractivity contribution in [3.8, 4) is 0 Å². The van der Waals surface area contributed by atoms with Crippen LogP contribution >= 0.6 is 0 Å². The topological polar surface area (TPSA) is 67.8 Å². The second kappa shape index (κ2) is 3.38. The summed E-state index contributed by atoms with van der Waals surface area (Å²) >= 11 is 0. The third kappa shape index (κ3) is 2.65. The zero-order valence-electron chi connectivity index (χ0n) is 6.17. The Labute approximate surface area is 58.9 Å². The van der Waals surface area contributed by atoms with Crippen molar-refractivity contribution in [3.63, 3.8) is 0 Å². The van der Waals surface area contributed by atoms with Gasteiger partial charge >= 0.3 is 6.09 Å². The van der Waals surface area contributed by atoms with Crippen molar-refractivity contribution in [1.29, 1.82) is 0 Å². The van der Waals surface area contributed by atoms with Crippen molar-refractivity contribution >= 4 is 6.09 Å². The summed E-state index contributed by atoms with van der Waals surface area (Å²) < 4.78 is 9.37. The Hall–Kier alpha value is -0.810. The van der Waals surface area contributed by atoms with E-state index in [4.69, 9.17) is 5.11 Å². The molecule has 0 rings (SSSR count). The van der Waals surface area contributed by atoms with Crippen LogP contribution in [0.2, 0.25) is 0 Å². The standard InChI is InChI=1S/C5H11NO4/c1-5(9-2,10-3)6-4(7)8/h6H,1-3H3,(H,7,8). The number of hydrogen-bond acceptors (Lipinski definition) is 3. The molecule has 60 valence electrons. The molecule has 5 heteroatoms. The number of rotatable bonds is 3. The lowest BCUT2D eigenvalue weighted by molar-refractivity contribution is -0.207. The Kier molecular flexibility index (Phi) is 3.11. The van der Waals surface area contributed by atoms with Gasteiger partial charge in [0.25, 0.3) is 5.91 Å². The molecular formula is C5H11NO4. The van der Waals surface area contributed by atoms with Gasteiger partial charge in [0.05, 0.1) is 0 Å². The normalized spacial score (nSPS) is 11.1. The predicted molar refractivity (Wildman–Crippen MR) is 33.6 cm³/mol. The van der Waals surface area contributed by atoms with Crippen molar-refractivity contribution < 1.29 is 19.4 Å². The Morgan fingerprint density at radius 3 is 2.00 bits per heavy atom. The lowest BCUT2D eigenvalue weighted by atomic mass is 10.5. The van der Waals surface area contributed by atoms with Crippen LogP contribution in [0.1, 0.15) is 6.92 Å². The first-order chi connectivity index (χ1) is 4.54. The van der Waals surface area contributed by atoms with Gasteiger partial charge in [-0.15, -0.1) is 0 Å². The third-order valence-electron chi connectivity index (χ3n) is 1.11. The molecule has 0 spiro atoms. The molecule has 0 unspecified atom stereocenters. The predicted octanol–water partition coefficient (Wildman–Crippen LogP) is 0.221. The quantitative estimate of drug-likeness (QED) is 0.563. The smallest absolute Gasteiger partial charge is 0.408 e. The van der Waals surface area contributed by atoms with Crippen molar-refractivity contribution in [2.24, 2.45) is 0 Å². The van der Waals surface area contributed by atoms with Crippen LogP contribution in [0.4, 0.5) is 4.79 Å². The number of carboxylic acid groups (broad SMARTS) is 1. The molecule has 0 aliphatic carbocycles. The molecule has 0 saturated heterocycles. The van der Waals surface area contributed by atoms with Crippen molar-refractivity contribution in [2.45, 2.75) is 12.8 Å². The molecule has 0 saturated carbocycles. The Morgan fingerprint density at radius 1 is 1.50 bits per heavy atom. The summed E-state index contributed by atoms with van der Waals surface area (Å²) in [5.41, 5.74) is 0. The van der Waals surface area contributed by atoms with Gasteiger partial charge in [0.1, 0.15) is 0 Å². The molecule has 2 N–H and O–H groups in total. The Bertz CT molecular complexity index is 121. The van der Waals surface area contributed by atoms with Crippen molar-refractivity contribution in [1.82, 2.24) is 5.32 Å². The van der Waals surface area contributed by atoms with E-state index in [1.54, 1.807) is 0 Å². The monoisotopic (exact) mass is 149 g/mol. The molecule has 5 nitrogen and oxygen atoms in total. The number of hydrogen-bond donors (Lipinski definition) is 2. The fourth-order valence-electron chi connectivity index (χ4n) is 0.380. The van der Waals surface area contributed by atoms with E-state index in [0.717, 1.165) is 0 Å². The van der Waals surface area contributed by atoms with Gasteiger partial charge in [-0.2, -0.15) is 0 Å². The van der Waals surface area contributed by atoms with Crippen LogP contribution < -0.4 is 5.32 Å². The summed E-state index contributed by atoms with van der Waals surface area (Å²) in [5, 5.41) is 10.3. The molecule has 1 amide bonds. The average Bonchev–Trinajstić information content (AvgIpc) is 1.87. The highest BCUT2D eigenvalue weighted by molar-refractivity contribution is 5.64. The van der Waals surface area contributed by atoms with Gasteiger partial charge in [0.2, 0.25) is 0 Å². The van der Waals surface area contributed by atoms with Crippen molar-refractivity contribution in [3.05, 3.63) is 0 Å². The van der Waals surface area contributed by atoms with Crippen molar-refractivity contribution in [2.75, 3.05) is 14.2 Å². The molecule has 0 aromatic carbocycles. The molecule has 0 bridgehead atoms. The van der Waals surface area contributed by atoms with Gasteiger partial charge in [0.15, 0.2) is 0 Å². The molecule has 0 radical (unpaired) electrons. The van der Waals surface area contributed by atoms with Gasteiger partial charge < -0.3 is 14.6 Å². The minimum Gasteiger partial charge on any atom is -0.465 e. The Balaban J connectivity index is 3.92. The molecule has 0 fully saturated rings. The maximum atomic E-state index is 10.1. The van der Waals surface area contributed by atoms with Gasteiger partial charge in [-0.3, -0.25) is 5.32 Å². The van der Waals surface area contributed by atoms with Gasteiger partial charge in [-0.05, 0) is 0 Å². The van der Waals surface area contributed by atoms with E-state index in [1.165, 1.54) is 21.1 Å². The van der Waals surface area contributed by atoms with E-state index < -0.39 is 12.0 Å². The molecule has 0 aliphatic rings. The molecule has 10 heavy (non-hydrogen) atoms. The third-order valence-corrected chi connectivity index (χ3v) is 1.11. The number of amides is 1. The second-order valence-electron chi connectivity index (χ2n) is 1.78. The van der Waals surface area contributed by atoms with E-state index in [2.05, 4.69) is 9.47 Å². The van der Waals surface area contributed by atoms with Crippen LogP contribution in [-0.4, -0.2) is 31.3 Å². The molecule has 0 aliphatic heterocycles. The van der Waals surface area contributed by atoms with Crippen LogP contribution in [0.5, 0.6) is 0 Å². The maximum Gasteiger partial charge on any atom is 0.408 e. The molecule has 0 aromatic rings. The van der Waals surface area contributed by atoms with Crippen LogP contribution in [0.3, 0.4) is 0 Å². The SMILES string of the molecule is COC(C)(NC(=O)O)OC. The zero-order chi connectivity index (χ0) is 8.20. The fourth-order valence-corrected chi connectivity index (χ4v) is 0.380. The highest BCUT2D eigenvalue weighted by atomic mass is 16.7. The van der Waals surface area contributed by atoms with Crippen LogP contribution in [0.15, 0.2) is 0 Å². The minimum absolute atomic E-state index is 1.19. The van der Waals surface area contributed by atoms with Gasteiger partial charge in [0, 0.05) is 21.1 Å². The van der Waals surface area contributed by atoms with Crippen LogP contribution in [-0.2, 0) is 9.47 Å². The molecule has 0 atom stereocenters. The van der Waals surface area contributed by atoms with Gasteiger partial charge in [-0.1, -0.05) is 0 Å². The average molecular weight is 149 g/mol. The summed E-state index contributed by atoms with van der Waals surface area (Å²) in [6.45, 7) is 1.46. The summed E-state index contributed by atoms with van der Waals surface area (Å²) in [6, 6.07) is 0. The highest BCUT2D eigenvalue weighted by Gasteiger charge is 2.24. The van der Waals surface area contributed by atoms with E-state index in [9.17, 15) is 4.79 Å². The van der Waals surface area contributed by atoms with E-state index in [-0.39, 0.29) is 0 Å². The minimum atomic E-state index is -1.24. The largest absolute Gasteiger partial charge is 0.465 e. The lowest BCUT2D eigenvalue weighted by Crippen LogP contribution is -2.48. The number of nitrogens with one attached hydrogen (secondary N) is 1. The number of ether oxygens (including phenoxy) is 2. The fraction of sp³-hybridized carbons (Fsp3) is 0.800. The number of carbonyl (C=O) groups is 1. The van der Waals surface area contributed by atoms with E-state index >= 15 is 0 Å². The van der Waals surface area contributed by atoms with Crippen LogP contribution in [0.25, 0.3) is 0 Å². The zero-order valence-corrected chi connectivity index (χ0v) is 6.17. The summed E-state index contributed by atoms with van der Waals surface area (Å²) in [7, 11) is 2.69. The summed E-state index contributed by atoms with van der Waals surface area (Å²) in [6.07, 6.45) is -1.19. The first-order valence-corrected chi connectivity index (χ1v) is 2.65. The molecular weight excluding hydrogens is 138 g/mol. The first-order valence-electron chi connectivity index (χ1n) is 2.65. The Morgan fingerprint density at radius 2 is 1.90 bits per heavy atom.